The van der Waals surface area contributed by atoms with Gasteiger partial charge < -0.3 is 14.9 Å². The minimum Gasteiger partial charge on any atom is -0.508 e. The van der Waals surface area contributed by atoms with Crippen LogP contribution in [0.1, 0.15) is 24.0 Å². The maximum absolute atomic E-state index is 13.1. The molecule has 3 aliphatic heterocycles. The van der Waals surface area contributed by atoms with Crippen molar-refractivity contribution in [1.29, 1.82) is 0 Å². The number of phenols is 1. The third kappa shape index (κ3) is 2.97. The van der Waals surface area contributed by atoms with Gasteiger partial charge in [0.05, 0.1) is 0 Å². The lowest BCUT2D eigenvalue weighted by Crippen LogP contribution is -2.53. The number of carbonyl (C=O) groups is 1. The van der Waals surface area contributed by atoms with Gasteiger partial charge in [0.2, 0.25) is 5.60 Å². The smallest absolute Gasteiger partial charge is 0.348 e. The molecule has 2 aromatic rings. The number of aromatic hydroxyl groups is 1. The highest BCUT2D eigenvalue weighted by atomic mass is 16.6. The highest BCUT2D eigenvalue weighted by Crippen LogP contribution is 2.36. The van der Waals surface area contributed by atoms with Gasteiger partial charge >= 0.3 is 5.97 Å². The van der Waals surface area contributed by atoms with Gasteiger partial charge in [-0.2, -0.15) is 0 Å². The largest absolute Gasteiger partial charge is 0.508 e. The fourth-order valence-electron chi connectivity index (χ4n) is 4.08. The lowest BCUT2D eigenvalue weighted by atomic mass is 9.84. The molecule has 0 aliphatic carbocycles. The second-order valence-electron chi connectivity index (χ2n) is 7.21. The molecule has 136 valence electrons. The summed E-state index contributed by atoms with van der Waals surface area (Å²) in [6.45, 7) is 2.82. The van der Waals surface area contributed by atoms with E-state index < -0.39 is 11.6 Å². The van der Waals surface area contributed by atoms with Crippen molar-refractivity contribution in [3.05, 3.63) is 65.7 Å². The molecule has 3 aliphatic rings. The van der Waals surface area contributed by atoms with E-state index in [-0.39, 0.29) is 11.9 Å². The van der Waals surface area contributed by atoms with E-state index in [2.05, 4.69) is 4.90 Å². The molecule has 2 aromatic carbocycles. The van der Waals surface area contributed by atoms with Crippen molar-refractivity contribution in [2.45, 2.75) is 24.5 Å². The number of hydrogen-bond donors (Lipinski definition) is 2. The van der Waals surface area contributed by atoms with E-state index in [0.29, 0.717) is 17.0 Å². The zero-order chi connectivity index (χ0) is 18.1. The van der Waals surface area contributed by atoms with Crippen LogP contribution >= 0.6 is 0 Å². The molecule has 5 rings (SSSR count). The van der Waals surface area contributed by atoms with Crippen molar-refractivity contribution in [2.75, 3.05) is 19.6 Å². The van der Waals surface area contributed by atoms with Crippen LogP contribution in [-0.2, 0) is 15.1 Å². The van der Waals surface area contributed by atoms with Gasteiger partial charge in [0.1, 0.15) is 11.9 Å². The van der Waals surface area contributed by atoms with Crippen LogP contribution in [0.15, 0.2) is 54.6 Å². The van der Waals surface area contributed by atoms with Crippen LogP contribution in [0.5, 0.6) is 5.75 Å². The minimum atomic E-state index is -1.95. The summed E-state index contributed by atoms with van der Waals surface area (Å²) >= 11 is 0. The molecule has 3 fully saturated rings. The summed E-state index contributed by atoms with van der Waals surface area (Å²) in [6.07, 6.45) is 1.85. The van der Waals surface area contributed by atoms with E-state index >= 15 is 0 Å². The lowest BCUT2D eigenvalue weighted by Gasteiger charge is -2.44. The van der Waals surface area contributed by atoms with Crippen molar-refractivity contribution < 1.29 is 19.7 Å². The Morgan fingerprint density at radius 1 is 1.04 bits per heavy atom. The van der Waals surface area contributed by atoms with E-state index in [0.717, 1.165) is 32.5 Å². The van der Waals surface area contributed by atoms with Crippen molar-refractivity contribution in [1.82, 2.24) is 4.90 Å². The molecule has 2 bridgehead atoms. The van der Waals surface area contributed by atoms with Crippen molar-refractivity contribution in [3.8, 4) is 5.75 Å². The normalized spacial score (nSPS) is 26.9. The zero-order valence-corrected chi connectivity index (χ0v) is 14.5. The summed E-state index contributed by atoms with van der Waals surface area (Å²) in [5.41, 5.74) is -1.22. The van der Waals surface area contributed by atoms with Crippen LogP contribution in [0, 0.1) is 5.92 Å². The van der Waals surface area contributed by atoms with Gasteiger partial charge in [-0.15, -0.1) is 0 Å². The number of fused-ring (bicyclic) bond motifs is 3. The molecule has 26 heavy (non-hydrogen) atoms. The van der Waals surface area contributed by atoms with Gasteiger partial charge in [-0.25, -0.2) is 4.79 Å². The van der Waals surface area contributed by atoms with Gasteiger partial charge in [0.25, 0.3) is 0 Å². The Morgan fingerprint density at radius 3 is 2.35 bits per heavy atom. The number of phenolic OH excluding ortho intramolecular Hbond substituents is 1. The molecule has 0 spiro atoms. The average molecular weight is 353 g/mol. The monoisotopic (exact) mass is 353 g/mol. The number of hydrogen-bond acceptors (Lipinski definition) is 5. The molecule has 3 saturated heterocycles. The van der Waals surface area contributed by atoms with E-state index in [1.165, 1.54) is 12.1 Å². The number of rotatable bonds is 4. The van der Waals surface area contributed by atoms with Gasteiger partial charge in [0.15, 0.2) is 0 Å². The lowest BCUT2D eigenvalue weighted by molar-refractivity contribution is -0.177. The van der Waals surface area contributed by atoms with Crippen LogP contribution in [0.2, 0.25) is 0 Å². The fraction of sp³-hybridized carbons (Fsp3) is 0.381. The zero-order valence-electron chi connectivity index (χ0n) is 14.5. The standard InChI is InChI=1S/C21H23NO4/c23-18-8-4-7-17(13-18)21(25,16-5-2-1-3-6-16)20(24)26-19-14-22-11-9-15(19)10-12-22/h1-8,13,15,19,23,25H,9-12,14H2/t19-,21?/m0/s1. The molecule has 5 nitrogen and oxygen atoms in total. The molecular formula is C21H23NO4. The highest BCUT2D eigenvalue weighted by molar-refractivity contribution is 5.85. The molecule has 1 unspecified atom stereocenters. The number of ether oxygens (including phenoxy) is 1. The third-order valence-electron chi connectivity index (χ3n) is 5.61. The first-order valence-corrected chi connectivity index (χ1v) is 9.08. The van der Waals surface area contributed by atoms with Crippen LogP contribution < -0.4 is 0 Å². The second kappa shape index (κ2) is 6.74. The number of benzene rings is 2. The quantitative estimate of drug-likeness (QED) is 0.825. The minimum absolute atomic E-state index is 0.00695. The first-order valence-electron chi connectivity index (χ1n) is 9.08. The van der Waals surface area contributed by atoms with E-state index in [1.807, 2.05) is 6.07 Å². The summed E-state index contributed by atoms with van der Waals surface area (Å²) < 4.78 is 5.83. The number of aliphatic hydroxyl groups is 1. The van der Waals surface area contributed by atoms with Crippen LogP contribution in [0.25, 0.3) is 0 Å². The van der Waals surface area contributed by atoms with Gasteiger partial charge in [-0.1, -0.05) is 42.5 Å². The maximum atomic E-state index is 13.1. The van der Waals surface area contributed by atoms with E-state index in [1.54, 1.807) is 36.4 Å². The summed E-state index contributed by atoms with van der Waals surface area (Å²) in [7, 11) is 0. The van der Waals surface area contributed by atoms with Gasteiger partial charge in [0, 0.05) is 12.1 Å². The summed E-state index contributed by atoms with van der Waals surface area (Å²) in [5.74, 6) is -0.339. The Labute approximate surface area is 152 Å². The first-order chi connectivity index (χ1) is 12.6. The van der Waals surface area contributed by atoms with E-state index in [4.69, 9.17) is 4.74 Å². The summed E-state index contributed by atoms with van der Waals surface area (Å²) in [4.78, 5) is 15.4. The Bertz CT molecular complexity index is 786. The SMILES string of the molecule is O=C(O[C@H]1CN2CCC1CC2)C(O)(c1ccccc1)c1cccc(O)c1. The molecule has 2 N–H and O–H groups in total. The maximum Gasteiger partial charge on any atom is 0.348 e. The number of piperidine rings is 3. The molecule has 2 atom stereocenters. The second-order valence-corrected chi connectivity index (χ2v) is 7.21. The molecule has 0 amide bonds. The van der Waals surface area contributed by atoms with Gasteiger partial charge in [-0.3, -0.25) is 4.90 Å². The van der Waals surface area contributed by atoms with Gasteiger partial charge in [-0.05, 0) is 49.5 Å². The molecule has 5 heteroatoms. The molecular weight excluding hydrogens is 330 g/mol. The third-order valence-corrected chi connectivity index (χ3v) is 5.61. The molecule has 0 radical (unpaired) electrons. The van der Waals surface area contributed by atoms with Crippen LogP contribution in [-0.4, -0.2) is 46.8 Å². The Morgan fingerprint density at radius 2 is 1.73 bits per heavy atom. The van der Waals surface area contributed by atoms with Crippen LogP contribution in [0.4, 0.5) is 0 Å². The molecule has 0 saturated carbocycles. The van der Waals surface area contributed by atoms with Crippen LogP contribution in [0.3, 0.4) is 0 Å². The van der Waals surface area contributed by atoms with Crippen molar-refractivity contribution >= 4 is 5.97 Å². The van der Waals surface area contributed by atoms with Crippen molar-refractivity contribution in [2.24, 2.45) is 5.92 Å². The highest BCUT2D eigenvalue weighted by Gasteiger charge is 2.45. The first kappa shape index (κ1) is 17.1. The van der Waals surface area contributed by atoms with E-state index in [9.17, 15) is 15.0 Å². The summed E-state index contributed by atoms with van der Waals surface area (Å²) in [5, 5.41) is 21.3. The summed E-state index contributed by atoms with van der Waals surface area (Å²) in [6, 6.07) is 14.9. The predicted molar refractivity (Wildman–Crippen MR) is 96.6 cm³/mol. The Hall–Kier alpha value is -2.37. The fourth-order valence-corrected chi connectivity index (χ4v) is 4.08. The topological polar surface area (TPSA) is 70.0 Å². The predicted octanol–water partition coefficient (Wildman–Crippen LogP) is 2.27. The van der Waals surface area contributed by atoms with Crippen molar-refractivity contribution in [3.63, 3.8) is 0 Å². The average Bonchev–Trinajstić information content (AvgIpc) is 2.69. The molecule has 3 heterocycles. The Balaban J connectivity index is 1.68. The number of carbonyl (C=O) groups excluding carboxylic acids is 1. The number of esters is 1. The Kier molecular flexibility index (Phi) is 4.42. The number of nitrogens with zero attached hydrogens (tertiary/aromatic N) is 1. The molecule has 0 aromatic heterocycles.